The number of thiophene rings is 1. The predicted octanol–water partition coefficient (Wildman–Crippen LogP) is 3.90. The van der Waals surface area contributed by atoms with E-state index < -0.39 is 0 Å². The van der Waals surface area contributed by atoms with Gasteiger partial charge in [-0.05, 0) is 35.4 Å². The number of methoxy groups -OCH3 is 1. The molecule has 0 atom stereocenters. The summed E-state index contributed by atoms with van der Waals surface area (Å²) in [6.07, 6.45) is 0. The van der Waals surface area contributed by atoms with E-state index in [4.69, 9.17) is 9.47 Å². The summed E-state index contributed by atoms with van der Waals surface area (Å²) in [7, 11) is 1.59. The van der Waals surface area contributed by atoms with Crippen LogP contribution in [-0.4, -0.2) is 18.9 Å². The molecule has 1 heterocycles. The van der Waals surface area contributed by atoms with Crippen molar-refractivity contribution in [2.75, 3.05) is 7.11 Å². The maximum Gasteiger partial charge on any atom is 0.261 e. The van der Waals surface area contributed by atoms with Gasteiger partial charge in [0.25, 0.3) is 5.91 Å². The van der Waals surface area contributed by atoms with Crippen molar-refractivity contribution in [3.8, 4) is 11.5 Å². The van der Waals surface area contributed by atoms with E-state index in [2.05, 4.69) is 10.6 Å². The number of ether oxygens (including phenoxy) is 2. The molecule has 2 amide bonds. The summed E-state index contributed by atoms with van der Waals surface area (Å²) in [4.78, 5) is 24.9. The largest absolute Gasteiger partial charge is 0.493 e. The first kappa shape index (κ1) is 21.4. The van der Waals surface area contributed by atoms with E-state index in [1.807, 2.05) is 54.6 Å². The molecule has 1 aromatic heterocycles. The Morgan fingerprint density at radius 1 is 0.900 bits per heavy atom. The lowest BCUT2D eigenvalue weighted by Gasteiger charge is -2.12. The minimum Gasteiger partial charge on any atom is -0.493 e. The molecule has 7 heteroatoms. The third-order valence-corrected chi connectivity index (χ3v) is 5.40. The second-order valence-corrected chi connectivity index (χ2v) is 7.79. The van der Waals surface area contributed by atoms with Gasteiger partial charge in [-0.25, -0.2) is 0 Å². The zero-order valence-electron chi connectivity index (χ0n) is 16.9. The number of nitrogens with one attached hydrogen (secondary N) is 2. The average molecular weight is 425 g/mol. The molecule has 0 saturated carbocycles. The molecule has 2 aromatic carbocycles. The minimum atomic E-state index is -0.155. The van der Waals surface area contributed by atoms with E-state index in [9.17, 15) is 9.59 Å². The van der Waals surface area contributed by atoms with Crippen molar-refractivity contribution < 1.29 is 19.1 Å². The second kappa shape index (κ2) is 10.5. The van der Waals surface area contributed by atoms with Gasteiger partial charge >= 0.3 is 0 Å². The van der Waals surface area contributed by atoms with Gasteiger partial charge < -0.3 is 20.1 Å². The molecule has 2 N–H and O–H groups in total. The summed E-state index contributed by atoms with van der Waals surface area (Å²) in [5, 5.41) is 5.63. The van der Waals surface area contributed by atoms with Gasteiger partial charge in [-0.1, -0.05) is 36.4 Å². The number of carbonyl (C=O) groups is 2. The molecule has 0 spiro atoms. The molecule has 0 aliphatic heterocycles. The van der Waals surface area contributed by atoms with Crippen LogP contribution < -0.4 is 20.1 Å². The SMILES string of the molecule is COc1cc(CNC(=O)c2ccc(CNC(C)=O)s2)ccc1OCc1ccccc1. The standard InChI is InChI=1S/C23H24N2O4S/c1-16(26)24-14-19-9-11-22(30-19)23(27)25-13-18-8-10-20(21(12-18)28-2)29-15-17-6-4-3-5-7-17/h3-12H,13-15H2,1-2H3,(H,24,26)(H,25,27). The van der Waals surface area contributed by atoms with E-state index >= 15 is 0 Å². The summed E-state index contributed by atoms with van der Waals surface area (Å²) in [5.41, 5.74) is 1.98. The topological polar surface area (TPSA) is 76.7 Å². The van der Waals surface area contributed by atoms with Gasteiger partial charge in [-0.2, -0.15) is 0 Å². The van der Waals surface area contributed by atoms with Crippen molar-refractivity contribution in [2.24, 2.45) is 0 Å². The first-order valence-electron chi connectivity index (χ1n) is 9.50. The Hall–Kier alpha value is -3.32. The Morgan fingerprint density at radius 3 is 2.43 bits per heavy atom. The molecule has 0 unspecified atom stereocenters. The van der Waals surface area contributed by atoms with Crippen molar-refractivity contribution in [3.05, 3.63) is 81.5 Å². The van der Waals surface area contributed by atoms with Gasteiger partial charge in [0.15, 0.2) is 11.5 Å². The molecule has 30 heavy (non-hydrogen) atoms. The lowest BCUT2D eigenvalue weighted by atomic mass is 10.2. The molecule has 6 nitrogen and oxygen atoms in total. The number of carbonyl (C=O) groups excluding carboxylic acids is 2. The molecular weight excluding hydrogens is 400 g/mol. The Balaban J connectivity index is 1.56. The predicted molar refractivity (Wildman–Crippen MR) is 117 cm³/mol. The van der Waals surface area contributed by atoms with Crippen molar-refractivity contribution in [1.29, 1.82) is 0 Å². The van der Waals surface area contributed by atoms with Crippen LogP contribution >= 0.6 is 11.3 Å². The van der Waals surface area contributed by atoms with Gasteiger partial charge in [-0.15, -0.1) is 11.3 Å². The summed E-state index contributed by atoms with van der Waals surface area (Å²) >= 11 is 1.36. The van der Waals surface area contributed by atoms with Gasteiger partial charge in [0.05, 0.1) is 18.5 Å². The molecular formula is C23H24N2O4S. The summed E-state index contributed by atoms with van der Waals surface area (Å²) in [6.45, 7) is 2.71. The van der Waals surface area contributed by atoms with E-state index in [0.29, 0.717) is 36.1 Å². The minimum absolute atomic E-state index is 0.0976. The zero-order valence-corrected chi connectivity index (χ0v) is 17.8. The molecule has 0 radical (unpaired) electrons. The molecule has 0 bridgehead atoms. The molecule has 3 aromatic rings. The van der Waals surface area contributed by atoms with E-state index in [1.165, 1.54) is 18.3 Å². The summed E-state index contributed by atoms with van der Waals surface area (Å²) in [5.74, 6) is 1.01. The number of hydrogen-bond donors (Lipinski definition) is 2. The van der Waals surface area contributed by atoms with Gasteiger partial charge in [-0.3, -0.25) is 9.59 Å². The van der Waals surface area contributed by atoms with Gasteiger partial charge in [0.1, 0.15) is 6.61 Å². The molecule has 0 saturated heterocycles. The Bertz CT molecular complexity index is 1000. The fraction of sp³-hybridized carbons (Fsp3) is 0.217. The fourth-order valence-corrected chi connectivity index (χ4v) is 3.62. The quantitative estimate of drug-likeness (QED) is 0.546. The summed E-state index contributed by atoms with van der Waals surface area (Å²) in [6, 6.07) is 19.1. The van der Waals surface area contributed by atoms with Crippen LogP contribution in [0.4, 0.5) is 0 Å². The van der Waals surface area contributed by atoms with Crippen LogP contribution in [-0.2, 0) is 24.5 Å². The summed E-state index contributed by atoms with van der Waals surface area (Å²) < 4.78 is 11.3. The Morgan fingerprint density at radius 2 is 1.70 bits per heavy atom. The van der Waals surface area contributed by atoms with Crippen LogP contribution in [0.5, 0.6) is 11.5 Å². The Labute approximate surface area is 179 Å². The molecule has 0 aliphatic rings. The van der Waals surface area contributed by atoms with E-state index in [-0.39, 0.29) is 11.8 Å². The third kappa shape index (κ3) is 6.09. The van der Waals surface area contributed by atoms with Gasteiger partial charge in [0, 0.05) is 18.3 Å². The molecule has 0 aliphatic carbocycles. The number of amides is 2. The molecule has 3 rings (SSSR count). The normalized spacial score (nSPS) is 10.3. The number of benzene rings is 2. The van der Waals surface area contributed by atoms with Crippen molar-refractivity contribution in [2.45, 2.75) is 26.6 Å². The van der Waals surface area contributed by atoms with Crippen LogP contribution in [0.2, 0.25) is 0 Å². The highest BCUT2D eigenvalue weighted by Crippen LogP contribution is 2.29. The van der Waals surface area contributed by atoms with Crippen LogP contribution in [0.3, 0.4) is 0 Å². The second-order valence-electron chi connectivity index (χ2n) is 6.62. The van der Waals surface area contributed by atoms with Crippen molar-refractivity contribution >= 4 is 23.2 Å². The highest BCUT2D eigenvalue weighted by Gasteiger charge is 2.11. The van der Waals surface area contributed by atoms with Gasteiger partial charge in [0.2, 0.25) is 5.91 Å². The maximum atomic E-state index is 12.4. The molecule has 0 fully saturated rings. The average Bonchev–Trinajstić information content (AvgIpc) is 3.25. The lowest BCUT2D eigenvalue weighted by Crippen LogP contribution is -2.21. The highest BCUT2D eigenvalue weighted by atomic mass is 32.1. The lowest BCUT2D eigenvalue weighted by molar-refractivity contribution is -0.119. The first-order valence-corrected chi connectivity index (χ1v) is 10.3. The first-order chi connectivity index (χ1) is 14.5. The third-order valence-electron chi connectivity index (χ3n) is 4.32. The van der Waals surface area contributed by atoms with E-state index in [0.717, 1.165) is 16.0 Å². The van der Waals surface area contributed by atoms with E-state index in [1.54, 1.807) is 13.2 Å². The fourth-order valence-electron chi connectivity index (χ4n) is 2.75. The van der Waals surface area contributed by atoms with Crippen LogP contribution in [0, 0.1) is 0 Å². The highest BCUT2D eigenvalue weighted by molar-refractivity contribution is 7.14. The monoisotopic (exact) mass is 424 g/mol. The molecule has 156 valence electrons. The van der Waals surface area contributed by atoms with Crippen LogP contribution in [0.15, 0.2) is 60.7 Å². The number of hydrogen-bond acceptors (Lipinski definition) is 5. The number of rotatable bonds is 9. The maximum absolute atomic E-state index is 12.4. The Kier molecular flexibility index (Phi) is 7.45. The van der Waals surface area contributed by atoms with Crippen molar-refractivity contribution in [1.82, 2.24) is 10.6 Å². The van der Waals surface area contributed by atoms with Crippen molar-refractivity contribution in [3.63, 3.8) is 0 Å². The zero-order chi connectivity index (χ0) is 21.3. The smallest absolute Gasteiger partial charge is 0.261 e. The van der Waals surface area contributed by atoms with Crippen LogP contribution in [0.1, 0.15) is 32.6 Å². The van der Waals surface area contributed by atoms with Crippen LogP contribution in [0.25, 0.3) is 0 Å².